The van der Waals surface area contributed by atoms with Crippen LogP contribution >= 0.6 is 0 Å². The Bertz CT molecular complexity index is 597. The molecule has 0 saturated carbocycles. The van der Waals surface area contributed by atoms with Crippen LogP contribution in [0, 0.1) is 0 Å². The number of Topliss-reactive ketones (excluding diaryl/α,β-unsaturated/α-hetero) is 4. The van der Waals surface area contributed by atoms with Gasteiger partial charge in [-0.1, -0.05) is 27.7 Å². The molecule has 0 bridgehead atoms. The predicted molar refractivity (Wildman–Crippen MR) is 124 cm³/mol. The smallest absolute Gasteiger partial charge is 0.550 e. The minimum atomic E-state index is -1.28. The van der Waals surface area contributed by atoms with Gasteiger partial charge >= 0.3 is 23.9 Å². The minimum absolute atomic E-state index is 0. The van der Waals surface area contributed by atoms with Gasteiger partial charge in [-0.15, -0.1) is 0 Å². The average molecular weight is 635 g/mol. The van der Waals surface area contributed by atoms with Gasteiger partial charge < -0.3 is 39.6 Å². The third-order valence-electron chi connectivity index (χ3n) is 3.48. The summed E-state index contributed by atoms with van der Waals surface area (Å²) in [6.45, 7) is 7.31. The fourth-order valence-electron chi connectivity index (χ4n) is 2.11. The molecule has 0 aromatic heterocycles. The SMILES string of the molecule is CCCC(=O)CC(=O)[O-].CCCC(=O)CC(=O)[O-].CCCC(=O)CC(=O)[O-].CCCC(=O)CC(=O)[O-].[Sn+4]. The molecule has 0 aliphatic carbocycles. The van der Waals surface area contributed by atoms with Crippen molar-refractivity contribution in [2.75, 3.05) is 0 Å². The van der Waals surface area contributed by atoms with Crippen LogP contribution < -0.4 is 20.4 Å². The Morgan fingerprint density at radius 3 is 0.595 bits per heavy atom. The van der Waals surface area contributed by atoms with E-state index < -0.39 is 49.6 Å². The monoisotopic (exact) mass is 636 g/mol. The van der Waals surface area contributed by atoms with Crippen molar-refractivity contribution in [1.82, 2.24) is 0 Å². The molecule has 0 heterocycles. The van der Waals surface area contributed by atoms with E-state index in [1.54, 1.807) is 0 Å². The van der Waals surface area contributed by atoms with Crippen molar-refractivity contribution in [3.63, 3.8) is 0 Å². The van der Waals surface area contributed by atoms with Gasteiger partial charge in [-0.3, -0.25) is 19.2 Å². The Hall–Kier alpha value is -2.64. The van der Waals surface area contributed by atoms with Gasteiger partial charge in [-0.05, 0) is 25.7 Å². The zero-order valence-electron chi connectivity index (χ0n) is 21.9. The molecule has 208 valence electrons. The summed E-state index contributed by atoms with van der Waals surface area (Å²) in [5, 5.41) is 39.0. The summed E-state index contributed by atoms with van der Waals surface area (Å²) >= 11 is 0. The second-order valence-electron chi connectivity index (χ2n) is 7.35. The van der Waals surface area contributed by atoms with E-state index in [0.717, 1.165) is 0 Å². The normalized spacial score (nSPS) is 8.76. The summed E-state index contributed by atoms with van der Waals surface area (Å²) < 4.78 is 0. The molecule has 0 amide bonds. The summed E-state index contributed by atoms with van der Waals surface area (Å²) in [4.78, 5) is 80.7. The third kappa shape index (κ3) is 51.0. The van der Waals surface area contributed by atoms with Crippen molar-refractivity contribution < 1.29 is 58.8 Å². The summed E-state index contributed by atoms with van der Waals surface area (Å²) in [6.07, 6.45) is 2.42. The quantitative estimate of drug-likeness (QED) is 0.128. The molecule has 0 spiro atoms. The van der Waals surface area contributed by atoms with Crippen LogP contribution in [0.1, 0.15) is 105 Å². The third-order valence-corrected chi connectivity index (χ3v) is 3.48. The number of aliphatic carboxylic acids is 4. The van der Waals surface area contributed by atoms with Gasteiger partial charge in [0, 0.05) is 75.2 Å². The zero-order chi connectivity index (χ0) is 29.1. The molecule has 0 aromatic rings. The number of hydrogen-bond donors (Lipinski definition) is 0. The summed E-state index contributed by atoms with van der Waals surface area (Å²) in [5.41, 5.74) is 0. The molecular weight excluding hydrogens is 599 g/mol. The van der Waals surface area contributed by atoms with Crippen LogP contribution in [-0.4, -0.2) is 70.9 Å². The zero-order valence-corrected chi connectivity index (χ0v) is 24.7. The number of ketones is 4. The van der Waals surface area contributed by atoms with Crippen molar-refractivity contribution in [3.8, 4) is 0 Å². The molecule has 13 heteroatoms. The fourth-order valence-corrected chi connectivity index (χ4v) is 2.11. The van der Waals surface area contributed by atoms with Crippen LogP contribution in [0.15, 0.2) is 0 Å². The first-order valence-electron chi connectivity index (χ1n) is 11.5. The Kier molecular flexibility index (Phi) is 37.6. The van der Waals surface area contributed by atoms with Gasteiger partial charge in [0.15, 0.2) is 0 Å². The molecule has 0 atom stereocenters. The van der Waals surface area contributed by atoms with E-state index in [0.29, 0.717) is 51.4 Å². The van der Waals surface area contributed by atoms with Crippen LogP contribution in [0.3, 0.4) is 0 Å². The second kappa shape index (κ2) is 31.4. The number of hydrogen-bond acceptors (Lipinski definition) is 12. The molecule has 37 heavy (non-hydrogen) atoms. The molecule has 0 rings (SSSR count). The maximum Gasteiger partial charge on any atom is 4.00 e. The van der Waals surface area contributed by atoms with E-state index in [1.165, 1.54) is 0 Å². The molecule has 0 fully saturated rings. The predicted octanol–water partition coefficient (Wildman–Crippen LogP) is -2.40. The molecule has 12 nitrogen and oxygen atoms in total. The van der Waals surface area contributed by atoms with E-state index in [1.807, 2.05) is 27.7 Å². The fraction of sp³-hybridized carbons (Fsp3) is 0.667. The van der Waals surface area contributed by atoms with E-state index in [4.69, 9.17) is 0 Å². The van der Waals surface area contributed by atoms with Gasteiger partial charge in [-0.2, -0.15) is 0 Å². The van der Waals surface area contributed by atoms with Crippen LogP contribution in [0.2, 0.25) is 0 Å². The first-order valence-corrected chi connectivity index (χ1v) is 11.5. The van der Waals surface area contributed by atoms with Gasteiger partial charge in [-0.25, -0.2) is 0 Å². The average Bonchev–Trinajstić information content (AvgIpc) is 2.68. The molecule has 0 radical (unpaired) electrons. The molecule has 0 aliphatic heterocycles. The van der Waals surface area contributed by atoms with Crippen molar-refractivity contribution >= 4 is 70.9 Å². The molecule has 0 N–H and O–H groups in total. The van der Waals surface area contributed by atoms with E-state index in [-0.39, 0.29) is 47.0 Å². The number of carbonyl (C=O) groups is 8. The van der Waals surface area contributed by atoms with Crippen LogP contribution in [0.25, 0.3) is 0 Å². The van der Waals surface area contributed by atoms with Crippen molar-refractivity contribution in [2.24, 2.45) is 0 Å². The molecule has 0 saturated heterocycles. The molecule has 0 aliphatic rings. The van der Waals surface area contributed by atoms with Gasteiger partial charge in [0.25, 0.3) is 0 Å². The maximum absolute atomic E-state index is 10.4. The topological polar surface area (TPSA) is 229 Å². The van der Waals surface area contributed by atoms with E-state index in [9.17, 15) is 58.8 Å². The van der Waals surface area contributed by atoms with Crippen LogP contribution in [0.4, 0.5) is 0 Å². The number of carboxylic acid groups (broad SMARTS) is 4. The Morgan fingerprint density at radius 2 is 0.514 bits per heavy atom. The van der Waals surface area contributed by atoms with E-state index >= 15 is 0 Å². The summed E-state index contributed by atoms with van der Waals surface area (Å²) in [5.74, 6) is -6.14. The summed E-state index contributed by atoms with van der Waals surface area (Å²) in [6, 6.07) is 0. The molecule has 0 aromatic carbocycles. The Labute approximate surface area is 234 Å². The van der Waals surface area contributed by atoms with Crippen molar-refractivity contribution in [1.29, 1.82) is 0 Å². The van der Waals surface area contributed by atoms with Crippen LogP contribution in [0.5, 0.6) is 0 Å². The minimum Gasteiger partial charge on any atom is -0.550 e. The molecule has 0 unspecified atom stereocenters. The largest absolute Gasteiger partial charge is 4.00 e. The van der Waals surface area contributed by atoms with Gasteiger partial charge in [0.05, 0.1) is 0 Å². The first kappa shape index (κ1) is 44.4. The maximum atomic E-state index is 10.4. The second-order valence-corrected chi connectivity index (χ2v) is 7.35. The molecular formula is C24H36O12Sn. The van der Waals surface area contributed by atoms with Crippen molar-refractivity contribution in [2.45, 2.75) is 105 Å². The van der Waals surface area contributed by atoms with Gasteiger partial charge in [0.2, 0.25) is 0 Å². The van der Waals surface area contributed by atoms with E-state index in [2.05, 4.69) is 0 Å². The standard InChI is InChI=1S/4C6H10O3.Sn/c4*1-2-3-5(7)4-6(8)9;/h4*2-4H2,1H3,(H,8,9);/q;;;;+4/p-4. The number of rotatable bonds is 16. The summed E-state index contributed by atoms with van der Waals surface area (Å²) in [7, 11) is 0. The van der Waals surface area contributed by atoms with Crippen LogP contribution in [-0.2, 0) is 38.4 Å². The number of carboxylic acids is 4. The first-order chi connectivity index (χ1) is 16.7. The van der Waals surface area contributed by atoms with Gasteiger partial charge in [0.1, 0.15) is 23.1 Å². The number of carbonyl (C=O) groups excluding carboxylic acids is 8. The van der Waals surface area contributed by atoms with Crippen molar-refractivity contribution in [3.05, 3.63) is 0 Å². The Morgan fingerprint density at radius 1 is 0.378 bits per heavy atom. The Balaban J connectivity index is -0.000000122.